The molecule has 2 rings (SSSR count). The van der Waals surface area contributed by atoms with E-state index in [4.69, 9.17) is 11.6 Å². The molecule has 0 saturated carbocycles. The van der Waals surface area contributed by atoms with Gasteiger partial charge >= 0.3 is 0 Å². The summed E-state index contributed by atoms with van der Waals surface area (Å²) in [5.41, 5.74) is 2.37. The summed E-state index contributed by atoms with van der Waals surface area (Å²) in [6, 6.07) is 7.66. The normalized spacial score (nSPS) is 13.7. The maximum atomic E-state index is 10.9. The Labute approximate surface area is 164 Å². The van der Waals surface area contributed by atoms with E-state index in [0.29, 0.717) is 11.4 Å². The Morgan fingerprint density at radius 2 is 1.63 bits per heavy atom. The zero-order valence-electron chi connectivity index (χ0n) is 15.9. The van der Waals surface area contributed by atoms with E-state index in [1.807, 2.05) is 26.0 Å². The van der Waals surface area contributed by atoms with Crippen molar-refractivity contribution >= 4 is 28.7 Å². The van der Waals surface area contributed by atoms with Crippen molar-refractivity contribution in [1.29, 1.82) is 0 Å². The summed E-state index contributed by atoms with van der Waals surface area (Å²) in [7, 11) is 0. The Balaban J connectivity index is 2.51. The molecule has 0 radical (unpaired) electrons. The van der Waals surface area contributed by atoms with Crippen molar-refractivity contribution in [2.75, 3.05) is 0 Å². The van der Waals surface area contributed by atoms with Gasteiger partial charge in [-0.25, -0.2) is 0 Å². The minimum absolute atomic E-state index is 0.0976. The molecule has 0 saturated heterocycles. The Kier molecular flexibility index (Phi) is 6.91. The average Bonchev–Trinajstić information content (AvgIpc) is 2.66. The summed E-state index contributed by atoms with van der Waals surface area (Å²) in [5, 5.41) is 30.3. The average molecular weight is 390 g/mol. The SMILES string of the molecule is CCC(C)c1cc(N=Nc2cc([N+](=O)[O-])ccc2Cl)cc(C(C)CC)c1O. The van der Waals surface area contributed by atoms with Crippen LogP contribution in [0.2, 0.25) is 5.02 Å². The van der Waals surface area contributed by atoms with E-state index in [1.165, 1.54) is 18.2 Å². The molecular formula is C20H24ClN3O3. The lowest BCUT2D eigenvalue weighted by atomic mass is 9.89. The molecule has 0 heterocycles. The lowest BCUT2D eigenvalue weighted by Gasteiger charge is -2.18. The Morgan fingerprint density at radius 3 is 2.11 bits per heavy atom. The number of phenolic OH excluding ortho intramolecular Hbond substituents is 1. The molecule has 6 nitrogen and oxygen atoms in total. The molecule has 2 atom stereocenters. The maximum absolute atomic E-state index is 10.9. The highest BCUT2D eigenvalue weighted by molar-refractivity contribution is 6.33. The molecule has 0 amide bonds. The van der Waals surface area contributed by atoms with Crippen LogP contribution in [-0.2, 0) is 0 Å². The van der Waals surface area contributed by atoms with E-state index in [1.54, 1.807) is 0 Å². The summed E-state index contributed by atoms with van der Waals surface area (Å²) in [6.07, 6.45) is 1.76. The molecule has 1 N–H and O–H groups in total. The van der Waals surface area contributed by atoms with Crippen LogP contribution < -0.4 is 0 Å². The molecular weight excluding hydrogens is 366 g/mol. The summed E-state index contributed by atoms with van der Waals surface area (Å²) in [4.78, 5) is 10.4. The van der Waals surface area contributed by atoms with E-state index in [0.717, 1.165) is 24.0 Å². The lowest BCUT2D eigenvalue weighted by Crippen LogP contribution is -1.98. The van der Waals surface area contributed by atoms with Crippen LogP contribution in [0.5, 0.6) is 5.75 Å². The fourth-order valence-corrected chi connectivity index (χ4v) is 2.87. The highest BCUT2D eigenvalue weighted by Gasteiger charge is 2.18. The molecule has 144 valence electrons. The first kappa shape index (κ1) is 20.8. The van der Waals surface area contributed by atoms with Gasteiger partial charge < -0.3 is 5.11 Å². The number of halogens is 1. The van der Waals surface area contributed by atoms with Crippen molar-refractivity contribution in [3.63, 3.8) is 0 Å². The molecule has 0 aromatic heterocycles. The second-order valence-corrected chi connectivity index (χ2v) is 7.09. The first-order valence-electron chi connectivity index (χ1n) is 9.00. The molecule has 27 heavy (non-hydrogen) atoms. The van der Waals surface area contributed by atoms with Gasteiger partial charge in [-0.15, -0.1) is 5.11 Å². The number of non-ortho nitro benzene ring substituents is 1. The monoisotopic (exact) mass is 389 g/mol. The van der Waals surface area contributed by atoms with Crippen LogP contribution in [0.25, 0.3) is 0 Å². The van der Waals surface area contributed by atoms with Crippen molar-refractivity contribution in [3.8, 4) is 5.75 Å². The summed E-state index contributed by atoms with van der Waals surface area (Å²) >= 11 is 6.08. The molecule has 0 aliphatic heterocycles. The number of nitro groups is 1. The quantitative estimate of drug-likeness (QED) is 0.304. The summed E-state index contributed by atoms with van der Waals surface area (Å²) < 4.78 is 0. The van der Waals surface area contributed by atoms with Gasteiger partial charge in [0.15, 0.2) is 0 Å². The van der Waals surface area contributed by atoms with Crippen LogP contribution in [-0.4, -0.2) is 10.0 Å². The Hall–Kier alpha value is -2.47. The van der Waals surface area contributed by atoms with E-state index in [-0.39, 0.29) is 28.2 Å². The van der Waals surface area contributed by atoms with Gasteiger partial charge in [0.1, 0.15) is 11.4 Å². The fraction of sp³-hybridized carbons (Fsp3) is 0.400. The van der Waals surface area contributed by atoms with Gasteiger partial charge in [0.2, 0.25) is 0 Å². The third-order valence-electron chi connectivity index (χ3n) is 4.85. The lowest BCUT2D eigenvalue weighted by molar-refractivity contribution is -0.384. The predicted molar refractivity (Wildman–Crippen MR) is 108 cm³/mol. The van der Waals surface area contributed by atoms with E-state index < -0.39 is 4.92 Å². The topological polar surface area (TPSA) is 88.1 Å². The number of aromatic hydroxyl groups is 1. The van der Waals surface area contributed by atoms with Gasteiger partial charge in [-0.05, 0) is 54.0 Å². The molecule has 0 spiro atoms. The number of nitrogens with zero attached hydrogens (tertiary/aromatic N) is 3. The zero-order valence-corrected chi connectivity index (χ0v) is 16.7. The molecule has 2 unspecified atom stereocenters. The number of azo groups is 1. The van der Waals surface area contributed by atoms with Crippen LogP contribution in [0.1, 0.15) is 63.5 Å². The van der Waals surface area contributed by atoms with E-state index in [2.05, 4.69) is 24.1 Å². The molecule has 0 fully saturated rings. The summed E-state index contributed by atoms with van der Waals surface area (Å²) in [5.74, 6) is 0.653. The molecule has 7 heteroatoms. The van der Waals surface area contributed by atoms with Crippen molar-refractivity contribution in [2.24, 2.45) is 10.2 Å². The molecule has 0 aliphatic carbocycles. The van der Waals surface area contributed by atoms with Crippen molar-refractivity contribution in [2.45, 2.75) is 52.4 Å². The third-order valence-corrected chi connectivity index (χ3v) is 5.17. The number of nitro benzene ring substituents is 1. The van der Waals surface area contributed by atoms with Crippen molar-refractivity contribution in [1.82, 2.24) is 0 Å². The van der Waals surface area contributed by atoms with Gasteiger partial charge in [0, 0.05) is 12.1 Å². The van der Waals surface area contributed by atoms with Crippen molar-refractivity contribution in [3.05, 3.63) is 56.6 Å². The number of hydrogen-bond acceptors (Lipinski definition) is 5. The molecule has 2 aromatic carbocycles. The molecule has 0 bridgehead atoms. The highest BCUT2D eigenvalue weighted by Crippen LogP contribution is 2.40. The number of phenols is 1. The van der Waals surface area contributed by atoms with Gasteiger partial charge in [0.05, 0.1) is 15.6 Å². The molecule has 0 aliphatic rings. The largest absolute Gasteiger partial charge is 0.507 e. The van der Waals surface area contributed by atoms with E-state index >= 15 is 0 Å². The van der Waals surface area contributed by atoms with Crippen LogP contribution in [0, 0.1) is 10.1 Å². The minimum Gasteiger partial charge on any atom is -0.507 e. The number of rotatable bonds is 7. The second-order valence-electron chi connectivity index (χ2n) is 6.68. The smallest absolute Gasteiger partial charge is 0.271 e. The predicted octanol–water partition coefficient (Wildman–Crippen LogP) is 7.40. The molecule has 2 aromatic rings. The number of hydrogen-bond donors (Lipinski definition) is 1. The van der Waals surface area contributed by atoms with Gasteiger partial charge in [0.25, 0.3) is 5.69 Å². The highest BCUT2D eigenvalue weighted by atomic mass is 35.5. The van der Waals surface area contributed by atoms with Gasteiger partial charge in [-0.2, -0.15) is 5.11 Å². The van der Waals surface area contributed by atoms with Gasteiger partial charge in [-0.3, -0.25) is 10.1 Å². The first-order chi connectivity index (χ1) is 12.8. The van der Waals surface area contributed by atoms with Crippen LogP contribution in [0.15, 0.2) is 40.6 Å². The first-order valence-corrected chi connectivity index (χ1v) is 9.38. The Morgan fingerprint density at radius 1 is 1.07 bits per heavy atom. The van der Waals surface area contributed by atoms with Crippen molar-refractivity contribution < 1.29 is 10.0 Å². The summed E-state index contributed by atoms with van der Waals surface area (Å²) in [6.45, 7) is 8.22. The van der Waals surface area contributed by atoms with Crippen LogP contribution in [0.4, 0.5) is 17.1 Å². The van der Waals surface area contributed by atoms with Gasteiger partial charge in [-0.1, -0.05) is 39.3 Å². The third kappa shape index (κ3) is 4.83. The fourth-order valence-electron chi connectivity index (χ4n) is 2.72. The Bertz CT molecular complexity index is 837. The standard InChI is InChI=1S/C20H24ClN3O3/c1-5-12(3)16-9-14(10-17(20(16)25)13(4)6-2)22-23-19-11-15(24(26)27)7-8-18(19)21/h7-13,25H,5-6H2,1-4H3. The van der Waals surface area contributed by atoms with Crippen LogP contribution in [0.3, 0.4) is 0 Å². The van der Waals surface area contributed by atoms with E-state index in [9.17, 15) is 15.2 Å². The van der Waals surface area contributed by atoms with Crippen LogP contribution >= 0.6 is 11.6 Å². The minimum atomic E-state index is -0.502. The second kappa shape index (κ2) is 8.95. The zero-order chi connectivity index (χ0) is 20.1. The number of benzene rings is 2. The maximum Gasteiger partial charge on any atom is 0.271 e.